The largest absolute Gasteiger partial charge is 0.483 e. The van der Waals surface area contributed by atoms with E-state index in [2.05, 4.69) is 19.2 Å². The van der Waals surface area contributed by atoms with E-state index in [1.807, 2.05) is 76.2 Å². The van der Waals surface area contributed by atoms with Gasteiger partial charge in [-0.25, -0.2) is 0 Å². The van der Waals surface area contributed by atoms with Gasteiger partial charge in [-0.3, -0.25) is 9.59 Å². The summed E-state index contributed by atoms with van der Waals surface area (Å²) in [6.45, 7) is 12.4. The topological polar surface area (TPSA) is 58.6 Å². The Balaban J connectivity index is 2.27. The van der Waals surface area contributed by atoms with Crippen molar-refractivity contribution in [2.24, 2.45) is 0 Å². The number of nitrogens with one attached hydrogen (secondary N) is 1. The van der Waals surface area contributed by atoms with Crippen LogP contribution in [0.1, 0.15) is 70.1 Å². The smallest absolute Gasteiger partial charge is 0.261 e. The van der Waals surface area contributed by atoms with Crippen LogP contribution >= 0.6 is 0 Å². The third-order valence-electron chi connectivity index (χ3n) is 5.88. The number of nitrogens with zero attached hydrogens (tertiary/aromatic N) is 1. The lowest BCUT2D eigenvalue weighted by Gasteiger charge is -2.32. The molecular weight excluding hydrogens is 400 g/mol. The van der Waals surface area contributed by atoms with Crippen molar-refractivity contribution in [1.82, 2.24) is 10.2 Å². The van der Waals surface area contributed by atoms with Crippen LogP contribution in [0.5, 0.6) is 5.75 Å². The molecule has 0 unspecified atom stereocenters. The number of hydrogen-bond acceptors (Lipinski definition) is 3. The van der Waals surface area contributed by atoms with Crippen molar-refractivity contribution in [3.05, 3.63) is 65.2 Å². The summed E-state index contributed by atoms with van der Waals surface area (Å²) in [5.41, 5.74) is 3.18. The van der Waals surface area contributed by atoms with Gasteiger partial charge in [0.15, 0.2) is 6.61 Å². The van der Waals surface area contributed by atoms with Gasteiger partial charge in [-0.05, 0) is 55.4 Å². The predicted molar refractivity (Wildman–Crippen MR) is 130 cm³/mol. The molecule has 2 rings (SSSR count). The fraction of sp³-hybridized carbons (Fsp3) is 0.481. The fourth-order valence-electron chi connectivity index (χ4n) is 3.64. The van der Waals surface area contributed by atoms with Gasteiger partial charge in [0.1, 0.15) is 11.8 Å². The molecule has 32 heavy (non-hydrogen) atoms. The van der Waals surface area contributed by atoms with Gasteiger partial charge in [0, 0.05) is 12.6 Å². The van der Waals surface area contributed by atoms with Gasteiger partial charge in [0.25, 0.3) is 5.91 Å². The molecule has 0 bridgehead atoms. The molecule has 0 spiro atoms. The molecule has 0 heterocycles. The Labute approximate surface area is 193 Å². The van der Waals surface area contributed by atoms with Gasteiger partial charge in [-0.2, -0.15) is 0 Å². The second-order valence-electron chi connectivity index (χ2n) is 8.67. The molecule has 0 aromatic heterocycles. The third kappa shape index (κ3) is 6.84. The lowest BCUT2D eigenvalue weighted by atomic mass is 10.0. The summed E-state index contributed by atoms with van der Waals surface area (Å²) in [7, 11) is 0. The Bertz CT molecular complexity index is 894. The molecule has 0 fully saturated rings. The quantitative estimate of drug-likeness (QED) is 0.523. The number of amides is 2. The fourth-order valence-corrected chi connectivity index (χ4v) is 3.64. The van der Waals surface area contributed by atoms with Gasteiger partial charge in [-0.15, -0.1) is 0 Å². The monoisotopic (exact) mass is 438 g/mol. The normalized spacial score (nSPS) is 12.8. The molecule has 0 aliphatic rings. The highest BCUT2D eigenvalue weighted by Gasteiger charge is 2.30. The Hall–Kier alpha value is -2.82. The predicted octanol–water partition coefficient (Wildman–Crippen LogP) is 5.22. The first kappa shape index (κ1) is 25.4. The van der Waals surface area contributed by atoms with Crippen LogP contribution < -0.4 is 10.1 Å². The number of aryl methyl sites for hydroxylation is 1. The summed E-state index contributed by atoms with van der Waals surface area (Å²) in [6, 6.07) is 15.3. The SMILES string of the molecule is CC[C@H](C)NC(=O)[C@H](CC)N(Cc1ccccc1C)C(=O)COc1ccccc1C(C)C. The van der Waals surface area contributed by atoms with Crippen LogP contribution in [-0.4, -0.2) is 35.4 Å². The van der Waals surface area contributed by atoms with Gasteiger partial charge in [0.2, 0.25) is 5.91 Å². The molecule has 0 aliphatic carbocycles. The number of ether oxygens (including phenoxy) is 1. The molecule has 1 N–H and O–H groups in total. The lowest BCUT2D eigenvalue weighted by molar-refractivity contribution is -0.143. The molecule has 0 radical (unpaired) electrons. The summed E-state index contributed by atoms with van der Waals surface area (Å²) in [4.78, 5) is 28.1. The number of benzene rings is 2. The third-order valence-corrected chi connectivity index (χ3v) is 5.88. The average Bonchev–Trinajstić information content (AvgIpc) is 2.78. The number of rotatable bonds is 11. The summed E-state index contributed by atoms with van der Waals surface area (Å²) < 4.78 is 5.96. The average molecular weight is 439 g/mol. The summed E-state index contributed by atoms with van der Waals surface area (Å²) in [6.07, 6.45) is 1.37. The van der Waals surface area contributed by atoms with E-state index in [-0.39, 0.29) is 30.4 Å². The molecule has 5 nitrogen and oxygen atoms in total. The standard InChI is InChI=1S/C27H38N2O3/c1-7-21(6)28-27(31)24(8-2)29(17-22-14-10-9-13-20(22)5)26(30)18-32-25-16-12-11-15-23(25)19(3)4/h9-16,19,21,24H,7-8,17-18H2,1-6H3,(H,28,31)/t21-,24-/m0/s1. The minimum atomic E-state index is -0.556. The highest BCUT2D eigenvalue weighted by molar-refractivity contribution is 5.88. The molecule has 5 heteroatoms. The summed E-state index contributed by atoms with van der Waals surface area (Å²) >= 11 is 0. The Morgan fingerprint density at radius 1 is 0.969 bits per heavy atom. The number of carbonyl (C=O) groups excluding carboxylic acids is 2. The number of carbonyl (C=O) groups is 2. The van der Waals surface area contributed by atoms with Crippen molar-refractivity contribution >= 4 is 11.8 Å². The van der Waals surface area contributed by atoms with Crippen molar-refractivity contribution < 1.29 is 14.3 Å². The van der Waals surface area contributed by atoms with Gasteiger partial charge in [0.05, 0.1) is 0 Å². The molecule has 0 aliphatic heterocycles. The zero-order valence-electron chi connectivity index (χ0n) is 20.4. The van der Waals surface area contributed by atoms with E-state index in [9.17, 15) is 9.59 Å². The minimum absolute atomic E-state index is 0.0566. The zero-order chi connectivity index (χ0) is 23.7. The second-order valence-corrected chi connectivity index (χ2v) is 8.67. The highest BCUT2D eigenvalue weighted by atomic mass is 16.5. The molecule has 0 saturated carbocycles. The molecular formula is C27H38N2O3. The van der Waals surface area contributed by atoms with E-state index in [0.29, 0.717) is 18.7 Å². The van der Waals surface area contributed by atoms with Crippen molar-refractivity contribution in [1.29, 1.82) is 0 Å². The van der Waals surface area contributed by atoms with E-state index in [1.54, 1.807) is 4.90 Å². The van der Waals surface area contributed by atoms with Crippen LogP contribution in [0.3, 0.4) is 0 Å². The first-order valence-corrected chi connectivity index (χ1v) is 11.6. The van der Waals surface area contributed by atoms with Crippen LogP contribution in [0.4, 0.5) is 0 Å². The number of para-hydroxylation sites is 1. The maximum atomic E-state index is 13.4. The lowest BCUT2D eigenvalue weighted by Crippen LogP contribution is -2.51. The Kier molecular flexibility index (Phi) is 9.76. The van der Waals surface area contributed by atoms with Crippen LogP contribution in [0, 0.1) is 6.92 Å². The van der Waals surface area contributed by atoms with Crippen LogP contribution in [0.25, 0.3) is 0 Å². The van der Waals surface area contributed by atoms with E-state index in [1.165, 1.54) is 0 Å². The van der Waals surface area contributed by atoms with Gasteiger partial charge < -0.3 is 15.0 Å². The molecule has 2 aromatic rings. The second kappa shape index (κ2) is 12.3. The number of hydrogen-bond donors (Lipinski definition) is 1. The highest BCUT2D eigenvalue weighted by Crippen LogP contribution is 2.26. The van der Waals surface area contributed by atoms with E-state index < -0.39 is 6.04 Å². The summed E-state index contributed by atoms with van der Waals surface area (Å²) in [5.74, 6) is 0.683. The van der Waals surface area contributed by atoms with Crippen molar-refractivity contribution in [3.63, 3.8) is 0 Å². The Morgan fingerprint density at radius 3 is 2.25 bits per heavy atom. The van der Waals surface area contributed by atoms with Gasteiger partial charge >= 0.3 is 0 Å². The summed E-state index contributed by atoms with van der Waals surface area (Å²) in [5, 5.41) is 3.04. The van der Waals surface area contributed by atoms with Crippen LogP contribution in [0.15, 0.2) is 48.5 Å². The maximum Gasteiger partial charge on any atom is 0.261 e. The molecule has 2 aromatic carbocycles. The molecule has 0 saturated heterocycles. The van der Waals surface area contributed by atoms with Crippen molar-refractivity contribution in [2.45, 2.75) is 78.9 Å². The van der Waals surface area contributed by atoms with Crippen molar-refractivity contribution in [2.75, 3.05) is 6.61 Å². The molecule has 2 atom stereocenters. The zero-order valence-corrected chi connectivity index (χ0v) is 20.4. The van der Waals surface area contributed by atoms with Gasteiger partial charge in [-0.1, -0.05) is 70.2 Å². The molecule has 174 valence electrons. The van der Waals surface area contributed by atoms with E-state index in [0.717, 1.165) is 23.1 Å². The van der Waals surface area contributed by atoms with Crippen LogP contribution in [0.2, 0.25) is 0 Å². The maximum absolute atomic E-state index is 13.4. The first-order chi connectivity index (χ1) is 15.3. The van der Waals surface area contributed by atoms with E-state index in [4.69, 9.17) is 4.74 Å². The van der Waals surface area contributed by atoms with Crippen molar-refractivity contribution in [3.8, 4) is 5.75 Å². The Morgan fingerprint density at radius 2 is 1.62 bits per heavy atom. The minimum Gasteiger partial charge on any atom is -0.483 e. The first-order valence-electron chi connectivity index (χ1n) is 11.6. The van der Waals surface area contributed by atoms with Crippen LogP contribution in [-0.2, 0) is 16.1 Å². The molecule has 2 amide bonds. The van der Waals surface area contributed by atoms with E-state index >= 15 is 0 Å².